The van der Waals surface area contributed by atoms with Crippen LogP contribution in [-0.4, -0.2) is 0 Å². The Hall–Kier alpha value is -8.14. The Kier molecular flexibility index (Phi) is 9.18. The lowest BCUT2D eigenvalue weighted by Crippen LogP contribution is -2.13. The van der Waals surface area contributed by atoms with Gasteiger partial charge in [-0.1, -0.05) is 170 Å². The van der Waals surface area contributed by atoms with Gasteiger partial charge in [-0.05, 0) is 105 Å². The van der Waals surface area contributed by atoms with Crippen LogP contribution in [0, 0.1) is 0 Å². The van der Waals surface area contributed by atoms with E-state index in [9.17, 15) is 0 Å². The summed E-state index contributed by atoms with van der Waals surface area (Å²) in [6.45, 7) is 0. The summed E-state index contributed by atoms with van der Waals surface area (Å²) in [6, 6.07) is 86.4. The molecule has 0 unspecified atom stereocenters. The molecule has 0 bridgehead atoms. The molecule has 1 aromatic heterocycles. The summed E-state index contributed by atoms with van der Waals surface area (Å²) in [4.78, 5) is 4.71. The number of rotatable bonds is 9. The van der Waals surface area contributed by atoms with Crippen LogP contribution in [0.15, 0.2) is 247 Å². The number of hydrogen-bond acceptors (Lipinski definition) is 3. The molecule has 11 aromatic rings. The van der Waals surface area contributed by atoms with Gasteiger partial charge in [-0.3, -0.25) is 0 Å². The van der Waals surface area contributed by atoms with Gasteiger partial charge in [-0.2, -0.15) is 0 Å². The van der Waals surface area contributed by atoms with Gasteiger partial charge in [0.25, 0.3) is 0 Å². The Morgan fingerprint density at radius 3 is 1.36 bits per heavy atom. The van der Waals surface area contributed by atoms with Crippen LogP contribution in [0.3, 0.4) is 0 Å². The maximum atomic E-state index is 7.04. The first-order valence-electron chi connectivity index (χ1n) is 20.7. The number of benzene rings is 10. The van der Waals surface area contributed by atoms with Crippen LogP contribution in [-0.2, 0) is 0 Å². The molecular weight excluding hydrogens is 741 g/mol. The van der Waals surface area contributed by atoms with E-state index in [1.807, 2.05) is 0 Å². The predicted molar refractivity (Wildman–Crippen MR) is 257 cm³/mol. The second-order valence-electron chi connectivity index (χ2n) is 15.4. The van der Waals surface area contributed by atoms with E-state index in [-0.39, 0.29) is 0 Å². The van der Waals surface area contributed by atoms with Gasteiger partial charge in [0.05, 0.1) is 16.8 Å². The summed E-state index contributed by atoms with van der Waals surface area (Å²) in [6.07, 6.45) is 0. The molecule has 10 aromatic carbocycles. The summed E-state index contributed by atoms with van der Waals surface area (Å²) in [5.74, 6) is 0. The van der Waals surface area contributed by atoms with E-state index >= 15 is 0 Å². The Morgan fingerprint density at radius 1 is 0.279 bits per heavy atom. The summed E-state index contributed by atoms with van der Waals surface area (Å²) in [5.41, 5.74) is 15.0. The molecule has 61 heavy (non-hydrogen) atoms. The minimum absolute atomic E-state index is 0.816. The van der Waals surface area contributed by atoms with Crippen molar-refractivity contribution in [3.63, 3.8) is 0 Å². The van der Waals surface area contributed by atoms with Crippen LogP contribution < -0.4 is 9.80 Å². The standard InChI is InChI=1S/C58H40N2O/c1-5-16-41(17-6-1)43-28-33-50(34-29-43)59(48-23-9-3-10-24-48)52-39-55(57-54-37-32-45-20-13-14-27-53(45)58(54)61-56(57)40-52)60(49-25-11-4-12-26-49)51-35-30-44(31-36-51)47-22-15-21-46(38-47)42-18-7-2-8-19-42/h1-40H. The summed E-state index contributed by atoms with van der Waals surface area (Å²) in [5, 5.41) is 4.37. The molecule has 0 spiro atoms. The second-order valence-corrected chi connectivity index (χ2v) is 15.4. The smallest absolute Gasteiger partial charge is 0.143 e. The van der Waals surface area contributed by atoms with Gasteiger partial charge in [0.15, 0.2) is 0 Å². The molecule has 0 aliphatic rings. The molecule has 1 heterocycles. The van der Waals surface area contributed by atoms with Gasteiger partial charge in [0.2, 0.25) is 0 Å². The van der Waals surface area contributed by atoms with E-state index in [0.717, 1.165) is 72.4 Å². The summed E-state index contributed by atoms with van der Waals surface area (Å²) in [7, 11) is 0. The Balaban J connectivity index is 1.12. The fraction of sp³-hybridized carbons (Fsp3) is 0. The number of hydrogen-bond donors (Lipinski definition) is 0. The average Bonchev–Trinajstić information content (AvgIpc) is 3.73. The van der Waals surface area contributed by atoms with Gasteiger partial charge >= 0.3 is 0 Å². The Bertz CT molecular complexity index is 3270. The van der Waals surface area contributed by atoms with E-state index < -0.39 is 0 Å². The third-order valence-electron chi connectivity index (χ3n) is 11.6. The highest BCUT2D eigenvalue weighted by Gasteiger charge is 2.24. The maximum absolute atomic E-state index is 7.04. The number of nitrogens with zero attached hydrogens (tertiary/aromatic N) is 2. The molecule has 11 rings (SSSR count). The van der Waals surface area contributed by atoms with Crippen molar-refractivity contribution in [3.8, 4) is 33.4 Å². The first-order valence-corrected chi connectivity index (χ1v) is 20.7. The Morgan fingerprint density at radius 2 is 0.738 bits per heavy atom. The van der Waals surface area contributed by atoms with Crippen molar-refractivity contribution in [2.45, 2.75) is 0 Å². The minimum atomic E-state index is 0.816. The van der Waals surface area contributed by atoms with Crippen molar-refractivity contribution in [2.24, 2.45) is 0 Å². The van der Waals surface area contributed by atoms with Crippen LogP contribution in [0.2, 0.25) is 0 Å². The van der Waals surface area contributed by atoms with Gasteiger partial charge < -0.3 is 14.2 Å². The van der Waals surface area contributed by atoms with Crippen molar-refractivity contribution in [3.05, 3.63) is 243 Å². The van der Waals surface area contributed by atoms with Crippen LogP contribution in [0.4, 0.5) is 34.1 Å². The highest BCUT2D eigenvalue weighted by atomic mass is 16.3. The monoisotopic (exact) mass is 780 g/mol. The lowest BCUT2D eigenvalue weighted by Gasteiger charge is -2.30. The first-order chi connectivity index (χ1) is 30.2. The lowest BCUT2D eigenvalue weighted by atomic mass is 9.98. The van der Waals surface area contributed by atoms with E-state index in [1.165, 1.54) is 27.8 Å². The van der Waals surface area contributed by atoms with Crippen molar-refractivity contribution >= 4 is 66.8 Å². The molecule has 0 saturated carbocycles. The molecule has 0 N–H and O–H groups in total. The molecule has 0 atom stereocenters. The van der Waals surface area contributed by atoms with Gasteiger partial charge in [0, 0.05) is 39.6 Å². The number of furan rings is 1. The zero-order valence-corrected chi connectivity index (χ0v) is 33.4. The third-order valence-corrected chi connectivity index (χ3v) is 11.6. The maximum Gasteiger partial charge on any atom is 0.143 e. The van der Waals surface area contributed by atoms with Crippen molar-refractivity contribution < 1.29 is 4.42 Å². The molecule has 3 heteroatoms. The normalized spacial score (nSPS) is 11.3. The van der Waals surface area contributed by atoms with Crippen molar-refractivity contribution in [1.29, 1.82) is 0 Å². The number of para-hydroxylation sites is 2. The van der Waals surface area contributed by atoms with E-state index in [2.05, 4.69) is 252 Å². The molecule has 288 valence electrons. The molecule has 0 fully saturated rings. The summed E-state index contributed by atoms with van der Waals surface area (Å²) < 4.78 is 7.04. The summed E-state index contributed by atoms with van der Waals surface area (Å²) >= 11 is 0. The Labute approximate surface area is 355 Å². The molecule has 0 radical (unpaired) electrons. The molecule has 0 aliphatic carbocycles. The highest BCUT2D eigenvalue weighted by Crippen LogP contribution is 2.48. The van der Waals surface area contributed by atoms with Gasteiger partial charge in [0.1, 0.15) is 11.2 Å². The number of anilines is 6. The second kappa shape index (κ2) is 15.6. The fourth-order valence-electron chi connectivity index (χ4n) is 8.68. The first kappa shape index (κ1) is 36.0. The topological polar surface area (TPSA) is 19.6 Å². The third kappa shape index (κ3) is 6.78. The fourth-order valence-corrected chi connectivity index (χ4v) is 8.68. The van der Waals surface area contributed by atoms with Gasteiger partial charge in [-0.25, -0.2) is 0 Å². The van der Waals surface area contributed by atoms with Crippen molar-refractivity contribution in [1.82, 2.24) is 0 Å². The average molecular weight is 781 g/mol. The SMILES string of the molecule is c1ccc(-c2ccc(N(c3ccccc3)c3cc(N(c4ccccc4)c4ccc(-c5cccc(-c6ccccc6)c5)cc4)c4c(c3)oc3c5ccccc5ccc34)cc2)cc1. The predicted octanol–water partition coefficient (Wildman–Crippen LogP) is 16.7. The van der Waals surface area contributed by atoms with Gasteiger partial charge in [-0.15, -0.1) is 0 Å². The molecule has 0 amide bonds. The lowest BCUT2D eigenvalue weighted by molar-refractivity contribution is 0.673. The molecular formula is C58H40N2O. The van der Waals surface area contributed by atoms with Crippen LogP contribution in [0.5, 0.6) is 0 Å². The van der Waals surface area contributed by atoms with Crippen LogP contribution in [0.1, 0.15) is 0 Å². The zero-order valence-electron chi connectivity index (χ0n) is 33.4. The zero-order chi connectivity index (χ0) is 40.5. The molecule has 3 nitrogen and oxygen atoms in total. The van der Waals surface area contributed by atoms with Crippen molar-refractivity contribution in [2.75, 3.05) is 9.80 Å². The van der Waals surface area contributed by atoms with Crippen LogP contribution >= 0.6 is 0 Å². The highest BCUT2D eigenvalue weighted by molar-refractivity contribution is 6.20. The molecule has 0 saturated heterocycles. The molecule has 0 aliphatic heterocycles. The quantitative estimate of drug-likeness (QED) is 0.145. The van der Waals surface area contributed by atoms with E-state index in [4.69, 9.17) is 4.42 Å². The van der Waals surface area contributed by atoms with Crippen LogP contribution in [0.25, 0.3) is 66.1 Å². The van der Waals surface area contributed by atoms with E-state index in [0.29, 0.717) is 0 Å². The van der Waals surface area contributed by atoms with E-state index in [1.54, 1.807) is 0 Å². The largest absolute Gasteiger partial charge is 0.455 e. The minimum Gasteiger partial charge on any atom is -0.455 e. The number of fused-ring (bicyclic) bond motifs is 5.